The Hall–Kier alpha value is -2.04. The summed E-state index contributed by atoms with van der Waals surface area (Å²) < 4.78 is 6.11. The lowest BCUT2D eigenvalue weighted by atomic mass is 9.79. The Bertz CT molecular complexity index is 941. The highest BCUT2D eigenvalue weighted by molar-refractivity contribution is 9.10. The highest BCUT2D eigenvalue weighted by Crippen LogP contribution is 2.42. The van der Waals surface area contributed by atoms with E-state index in [2.05, 4.69) is 101 Å². The van der Waals surface area contributed by atoms with Gasteiger partial charge in [-0.1, -0.05) is 70.9 Å². The third kappa shape index (κ3) is 5.07. The number of carbonyl (C=O) groups is 1. The molecule has 2 nitrogen and oxygen atoms in total. The SMILES string of the molecule is CC(Br)C(=O)OC1(c2ccc([S+](c3ccccc3)c3ccccc3)cc2)CCCCC1. The van der Waals surface area contributed by atoms with E-state index in [9.17, 15) is 4.79 Å². The van der Waals surface area contributed by atoms with Gasteiger partial charge in [-0.3, -0.25) is 4.79 Å². The standard InChI is InChI=1S/C27H28BrO2S/c1-21(28)26(29)30-27(19-9-4-10-20-27)22-15-17-25(18-16-22)31(23-11-5-2-6-12-23)24-13-7-3-8-14-24/h2-3,5-8,11-18,21H,4,9-10,19-20H2,1H3/q+1. The average molecular weight is 496 g/mol. The number of alkyl halides is 1. The summed E-state index contributed by atoms with van der Waals surface area (Å²) in [5, 5.41) is 0. The van der Waals surface area contributed by atoms with Crippen LogP contribution >= 0.6 is 15.9 Å². The van der Waals surface area contributed by atoms with Gasteiger partial charge in [-0.2, -0.15) is 0 Å². The molecule has 1 saturated carbocycles. The van der Waals surface area contributed by atoms with Gasteiger partial charge in [0.1, 0.15) is 10.4 Å². The lowest BCUT2D eigenvalue weighted by molar-refractivity contribution is -0.163. The summed E-state index contributed by atoms with van der Waals surface area (Å²) in [7, 11) is -0.175. The maximum atomic E-state index is 12.5. The molecule has 1 fully saturated rings. The van der Waals surface area contributed by atoms with Crippen molar-refractivity contribution >= 4 is 32.8 Å². The van der Waals surface area contributed by atoms with Crippen molar-refractivity contribution < 1.29 is 9.53 Å². The minimum Gasteiger partial charge on any atom is -0.453 e. The molecule has 0 aliphatic heterocycles. The van der Waals surface area contributed by atoms with E-state index in [1.165, 1.54) is 21.1 Å². The van der Waals surface area contributed by atoms with Crippen LogP contribution in [0.4, 0.5) is 0 Å². The molecule has 4 heteroatoms. The summed E-state index contributed by atoms with van der Waals surface area (Å²) >= 11 is 3.37. The number of hydrogen-bond acceptors (Lipinski definition) is 2. The lowest BCUT2D eigenvalue weighted by Crippen LogP contribution is -2.36. The predicted octanol–water partition coefficient (Wildman–Crippen LogP) is 7.27. The second-order valence-electron chi connectivity index (χ2n) is 8.05. The summed E-state index contributed by atoms with van der Waals surface area (Å²) in [6.45, 7) is 1.83. The molecule has 31 heavy (non-hydrogen) atoms. The van der Waals surface area contributed by atoms with Crippen LogP contribution < -0.4 is 0 Å². The minimum absolute atomic E-state index is 0.175. The van der Waals surface area contributed by atoms with E-state index in [4.69, 9.17) is 4.74 Å². The zero-order chi connectivity index (χ0) is 21.7. The van der Waals surface area contributed by atoms with E-state index in [1.54, 1.807) is 0 Å². The van der Waals surface area contributed by atoms with Crippen molar-refractivity contribution in [3.8, 4) is 0 Å². The first-order chi connectivity index (χ1) is 15.1. The van der Waals surface area contributed by atoms with Crippen molar-refractivity contribution in [1.82, 2.24) is 0 Å². The van der Waals surface area contributed by atoms with Crippen LogP contribution in [0.2, 0.25) is 0 Å². The third-order valence-electron chi connectivity index (χ3n) is 5.86. The first-order valence-corrected chi connectivity index (χ1v) is 13.0. The summed E-state index contributed by atoms with van der Waals surface area (Å²) in [6.07, 6.45) is 5.16. The first kappa shape index (κ1) is 22.2. The van der Waals surface area contributed by atoms with Crippen LogP contribution in [0.3, 0.4) is 0 Å². The van der Waals surface area contributed by atoms with Crippen molar-refractivity contribution in [2.75, 3.05) is 0 Å². The normalized spacial score (nSPS) is 16.6. The van der Waals surface area contributed by atoms with Gasteiger partial charge in [0.05, 0.1) is 10.9 Å². The van der Waals surface area contributed by atoms with Crippen molar-refractivity contribution in [3.05, 3.63) is 90.5 Å². The van der Waals surface area contributed by atoms with Gasteiger partial charge in [0.2, 0.25) is 0 Å². The number of esters is 1. The summed E-state index contributed by atoms with van der Waals surface area (Å²) in [6, 6.07) is 30.1. The zero-order valence-corrected chi connectivity index (χ0v) is 20.2. The third-order valence-corrected chi connectivity index (χ3v) is 8.46. The summed E-state index contributed by atoms with van der Waals surface area (Å²) in [5.41, 5.74) is 0.607. The Kier molecular flexibility index (Phi) is 7.19. The topological polar surface area (TPSA) is 26.3 Å². The molecule has 0 radical (unpaired) electrons. The maximum absolute atomic E-state index is 12.5. The Labute approximate surface area is 196 Å². The quantitative estimate of drug-likeness (QED) is 0.204. The Morgan fingerprint density at radius 2 is 1.29 bits per heavy atom. The van der Waals surface area contributed by atoms with Gasteiger partial charge in [-0.15, -0.1) is 0 Å². The van der Waals surface area contributed by atoms with E-state index < -0.39 is 5.60 Å². The van der Waals surface area contributed by atoms with Gasteiger partial charge in [-0.25, -0.2) is 0 Å². The molecule has 1 aliphatic carbocycles. The molecule has 3 aromatic rings. The van der Waals surface area contributed by atoms with Crippen molar-refractivity contribution in [1.29, 1.82) is 0 Å². The van der Waals surface area contributed by atoms with Gasteiger partial charge in [0, 0.05) is 0 Å². The number of rotatable bonds is 6. The summed E-state index contributed by atoms with van der Waals surface area (Å²) in [5.74, 6) is -0.181. The molecule has 0 saturated heterocycles. The van der Waals surface area contributed by atoms with Gasteiger partial charge < -0.3 is 4.74 Å². The Balaban J connectivity index is 1.70. The van der Waals surface area contributed by atoms with Gasteiger partial charge in [0.25, 0.3) is 0 Å². The van der Waals surface area contributed by atoms with E-state index in [0.717, 1.165) is 31.2 Å². The van der Waals surface area contributed by atoms with Crippen molar-refractivity contribution in [2.45, 2.75) is 64.1 Å². The van der Waals surface area contributed by atoms with Crippen LogP contribution in [0.25, 0.3) is 0 Å². The first-order valence-electron chi connectivity index (χ1n) is 10.9. The predicted molar refractivity (Wildman–Crippen MR) is 131 cm³/mol. The molecule has 0 heterocycles. The van der Waals surface area contributed by atoms with Crippen LogP contribution in [-0.2, 0) is 26.0 Å². The fourth-order valence-corrected chi connectivity index (χ4v) is 6.44. The smallest absolute Gasteiger partial charge is 0.320 e. The summed E-state index contributed by atoms with van der Waals surface area (Å²) in [4.78, 5) is 16.0. The molecule has 0 aromatic heterocycles. The molecule has 160 valence electrons. The average Bonchev–Trinajstić information content (AvgIpc) is 2.82. The lowest BCUT2D eigenvalue weighted by Gasteiger charge is -2.37. The van der Waals surface area contributed by atoms with Crippen LogP contribution in [0, 0.1) is 0 Å². The molecular formula is C27H28BrO2S+. The number of carbonyl (C=O) groups excluding carboxylic acids is 1. The number of ether oxygens (including phenoxy) is 1. The van der Waals surface area contributed by atoms with E-state index in [1.807, 2.05) is 6.92 Å². The molecule has 0 bridgehead atoms. The number of hydrogen-bond donors (Lipinski definition) is 0. The molecule has 0 amide bonds. The van der Waals surface area contributed by atoms with Gasteiger partial charge in [-0.05, 0) is 74.6 Å². The Morgan fingerprint density at radius 3 is 1.77 bits per heavy atom. The van der Waals surface area contributed by atoms with Crippen LogP contribution in [-0.4, -0.2) is 10.8 Å². The molecule has 1 unspecified atom stereocenters. The molecule has 3 aromatic carbocycles. The molecule has 1 aliphatic rings. The molecule has 0 spiro atoms. The van der Waals surface area contributed by atoms with E-state index >= 15 is 0 Å². The number of halogens is 1. The molecule has 0 N–H and O–H groups in total. The van der Waals surface area contributed by atoms with Crippen LogP contribution in [0.1, 0.15) is 44.6 Å². The molecule has 4 rings (SSSR count). The monoisotopic (exact) mass is 495 g/mol. The largest absolute Gasteiger partial charge is 0.453 e. The number of benzene rings is 3. The van der Waals surface area contributed by atoms with E-state index in [0.29, 0.717) is 0 Å². The van der Waals surface area contributed by atoms with Crippen molar-refractivity contribution in [2.24, 2.45) is 0 Å². The van der Waals surface area contributed by atoms with E-state index in [-0.39, 0.29) is 21.7 Å². The van der Waals surface area contributed by atoms with Gasteiger partial charge >= 0.3 is 5.97 Å². The highest BCUT2D eigenvalue weighted by Gasteiger charge is 2.39. The fourth-order valence-electron chi connectivity index (χ4n) is 4.26. The zero-order valence-electron chi connectivity index (χ0n) is 17.8. The highest BCUT2D eigenvalue weighted by atomic mass is 79.9. The fraction of sp³-hybridized carbons (Fsp3) is 0.296. The second kappa shape index (κ2) is 10.1. The van der Waals surface area contributed by atoms with Gasteiger partial charge in [0.15, 0.2) is 14.7 Å². The Morgan fingerprint density at radius 1 is 0.806 bits per heavy atom. The molecular weight excluding hydrogens is 468 g/mol. The second-order valence-corrected chi connectivity index (χ2v) is 11.4. The van der Waals surface area contributed by atoms with Crippen LogP contribution in [0.5, 0.6) is 0 Å². The maximum Gasteiger partial charge on any atom is 0.320 e. The minimum atomic E-state index is -0.506. The molecule has 1 atom stereocenters. The van der Waals surface area contributed by atoms with Crippen LogP contribution in [0.15, 0.2) is 99.6 Å². The van der Waals surface area contributed by atoms with Crippen molar-refractivity contribution in [3.63, 3.8) is 0 Å².